The van der Waals surface area contributed by atoms with Gasteiger partial charge in [0.2, 0.25) is 11.9 Å². The summed E-state index contributed by atoms with van der Waals surface area (Å²) < 4.78 is 10.7. The molecule has 104 valence electrons. The Morgan fingerprint density at radius 2 is 1.16 bits per heavy atom. The second-order valence-corrected chi connectivity index (χ2v) is 4.68. The van der Waals surface area contributed by atoms with Crippen LogP contribution in [-0.2, 0) is 9.47 Å². The van der Waals surface area contributed by atoms with Gasteiger partial charge in [-0.2, -0.15) is 15.0 Å². The van der Waals surface area contributed by atoms with E-state index >= 15 is 0 Å². The summed E-state index contributed by atoms with van der Waals surface area (Å²) in [7, 11) is 0. The van der Waals surface area contributed by atoms with Crippen LogP contribution in [0, 0.1) is 6.92 Å². The summed E-state index contributed by atoms with van der Waals surface area (Å²) in [4.78, 5) is 17.8. The van der Waals surface area contributed by atoms with Crippen LogP contribution in [0.3, 0.4) is 0 Å². The normalized spacial score (nSPS) is 20.7. The van der Waals surface area contributed by atoms with E-state index in [0.717, 1.165) is 70.3 Å². The summed E-state index contributed by atoms with van der Waals surface area (Å²) in [5.41, 5.74) is 0. The number of aromatic nitrogens is 3. The van der Waals surface area contributed by atoms with E-state index in [1.165, 1.54) is 0 Å². The number of aryl methyl sites for hydroxylation is 1. The minimum absolute atomic E-state index is 0.734. The first-order valence-electron chi connectivity index (χ1n) is 6.71. The predicted molar refractivity (Wildman–Crippen MR) is 70.6 cm³/mol. The molecule has 2 fully saturated rings. The van der Waals surface area contributed by atoms with E-state index in [4.69, 9.17) is 9.47 Å². The lowest BCUT2D eigenvalue weighted by Crippen LogP contribution is -2.40. The first kappa shape index (κ1) is 12.6. The molecule has 2 aliphatic rings. The Morgan fingerprint density at radius 3 is 1.58 bits per heavy atom. The summed E-state index contributed by atoms with van der Waals surface area (Å²) in [6.07, 6.45) is 0. The molecule has 0 N–H and O–H groups in total. The predicted octanol–water partition coefficient (Wildman–Crippen LogP) is -0.147. The number of hydrogen-bond acceptors (Lipinski definition) is 7. The van der Waals surface area contributed by atoms with Gasteiger partial charge in [0.15, 0.2) is 0 Å². The fourth-order valence-electron chi connectivity index (χ4n) is 2.26. The van der Waals surface area contributed by atoms with Gasteiger partial charge in [-0.1, -0.05) is 0 Å². The SMILES string of the molecule is Cc1nc(N2CCOCC2)nc(N2CCOCC2)n1. The summed E-state index contributed by atoms with van der Waals surface area (Å²) in [5, 5.41) is 0. The second-order valence-electron chi connectivity index (χ2n) is 4.68. The average molecular weight is 265 g/mol. The van der Waals surface area contributed by atoms with Gasteiger partial charge in [-0.3, -0.25) is 0 Å². The Balaban J connectivity index is 1.82. The van der Waals surface area contributed by atoms with E-state index in [1.54, 1.807) is 0 Å². The van der Waals surface area contributed by atoms with E-state index in [1.807, 2.05) is 6.92 Å². The third-order valence-corrected chi connectivity index (χ3v) is 3.31. The Morgan fingerprint density at radius 1 is 0.737 bits per heavy atom. The highest BCUT2D eigenvalue weighted by molar-refractivity contribution is 5.39. The number of morpholine rings is 2. The van der Waals surface area contributed by atoms with Crippen molar-refractivity contribution in [1.29, 1.82) is 0 Å². The number of anilines is 2. The number of hydrogen-bond donors (Lipinski definition) is 0. The molecule has 7 nitrogen and oxygen atoms in total. The van der Waals surface area contributed by atoms with Crippen molar-refractivity contribution in [3.05, 3.63) is 5.82 Å². The van der Waals surface area contributed by atoms with Gasteiger partial charge < -0.3 is 19.3 Å². The van der Waals surface area contributed by atoms with Crippen molar-refractivity contribution in [2.24, 2.45) is 0 Å². The van der Waals surface area contributed by atoms with Crippen LogP contribution in [0.25, 0.3) is 0 Å². The van der Waals surface area contributed by atoms with Gasteiger partial charge in [0.05, 0.1) is 26.4 Å². The molecular weight excluding hydrogens is 246 g/mol. The molecule has 19 heavy (non-hydrogen) atoms. The first-order valence-corrected chi connectivity index (χ1v) is 6.71. The van der Waals surface area contributed by atoms with Crippen LogP contribution in [0.2, 0.25) is 0 Å². The molecule has 0 aromatic carbocycles. The van der Waals surface area contributed by atoms with Gasteiger partial charge in [-0.25, -0.2) is 0 Å². The van der Waals surface area contributed by atoms with Crippen LogP contribution in [-0.4, -0.2) is 67.6 Å². The molecule has 3 heterocycles. The molecule has 0 radical (unpaired) electrons. The first-order chi connectivity index (χ1) is 9.33. The van der Waals surface area contributed by atoms with E-state index in [-0.39, 0.29) is 0 Å². The standard InChI is InChI=1S/C12H19N5O2/c1-10-13-11(16-2-6-18-7-3-16)15-12(14-10)17-4-8-19-9-5-17/h2-9H2,1H3. The highest BCUT2D eigenvalue weighted by Crippen LogP contribution is 2.16. The maximum atomic E-state index is 5.36. The molecule has 0 atom stereocenters. The quantitative estimate of drug-likeness (QED) is 0.737. The summed E-state index contributed by atoms with van der Waals surface area (Å²) in [5.74, 6) is 2.28. The van der Waals surface area contributed by atoms with Crippen molar-refractivity contribution in [3.8, 4) is 0 Å². The summed E-state index contributed by atoms with van der Waals surface area (Å²) in [6.45, 7) is 8.20. The van der Waals surface area contributed by atoms with Gasteiger partial charge in [0, 0.05) is 26.2 Å². The average Bonchev–Trinajstić information content (AvgIpc) is 2.48. The monoisotopic (exact) mass is 265 g/mol. The molecule has 1 aromatic rings. The van der Waals surface area contributed by atoms with Crippen molar-refractivity contribution in [1.82, 2.24) is 15.0 Å². The molecule has 0 bridgehead atoms. The van der Waals surface area contributed by atoms with Gasteiger partial charge in [0.25, 0.3) is 0 Å². The topological polar surface area (TPSA) is 63.6 Å². The Labute approximate surface area is 112 Å². The third-order valence-electron chi connectivity index (χ3n) is 3.31. The van der Waals surface area contributed by atoms with Crippen molar-refractivity contribution >= 4 is 11.9 Å². The van der Waals surface area contributed by atoms with Gasteiger partial charge in [0.1, 0.15) is 5.82 Å². The maximum Gasteiger partial charge on any atom is 0.230 e. The molecule has 0 unspecified atom stereocenters. The zero-order chi connectivity index (χ0) is 13.1. The number of rotatable bonds is 2. The minimum atomic E-state index is 0.734. The van der Waals surface area contributed by atoms with Crippen LogP contribution in [0.4, 0.5) is 11.9 Å². The van der Waals surface area contributed by atoms with Crippen LogP contribution in [0.5, 0.6) is 0 Å². The summed E-state index contributed by atoms with van der Waals surface area (Å²) in [6, 6.07) is 0. The molecule has 3 rings (SSSR count). The highest BCUT2D eigenvalue weighted by Gasteiger charge is 2.19. The number of ether oxygens (including phenoxy) is 2. The van der Waals surface area contributed by atoms with Crippen molar-refractivity contribution in [2.75, 3.05) is 62.4 Å². The van der Waals surface area contributed by atoms with Crippen LogP contribution in [0.1, 0.15) is 5.82 Å². The second kappa shape index (κ2) is 5.66. The maximum absolute atomic E-state index is 5.36. The fraction of sp³-hybridized carbons (Fsp3) is 0.750. The third kappa shape index (κ3) is 2.93. The lowest BCUT2D eigenvalue weighted by atomic mass is 10.4. The van der Waals surface area contributed by atoms with E-state index in [0.29, 0.717) is 0 Å². The molecule has 2 aliphatic heterocycles. The van der Waals surface area contributed by atoms with Crippen molar-refractivity contribution in [3.63, 3.8) is 0 Å². The van der Waals surface area contributed by atoms with E-state index < -0.39 is 0 Å². The van der Waals surface area contributed by atoms with E-state index in [9.17, 15) is 0 Å². The molecule has 7 heteroatoms. The lowest BCUT2D eigenvalue weighted by Gasteiger charge is -2.30. The van der Waals surface area contributed by atoms with Crippen molar-refractivity contribution in [2.45, 2.75) is 6.92 Å². The summed E-state index contributed by atoms with van der Waals surface area (Å²) >= 11 is 0. The lowest BCUT2D eigenvalue weighted by molar-refractivity contribution is 0.121. The highest BCUT2D eigenvalue weighted by atomic mass is 16.5. The van der Waals surface area contributed by atoms with Crippen molar-refractivity contribution < 1.29 is 9.47 Å². The van der Waals surface area contributed by atoms with Gasteiger partial charge in [-0.05, 0) is 6.92 Å². The molecule has 0 amide bonds. The fourth-order valence-corrected chi connectivity index (χ4v) is 2.26. The Bertz CT molecular complexity index is 394. The molecule has 0 saturated carbocycles. The Hall–Kier alpha value is -1.47. The number of nitrogens with zero attached hydrogens (tertiary/aromatic N) is 5. The van der Waals surface area contributed by atoms with E-state index in [2.05, 4.69) is 24.8 Å². The zero-order valence-corrected chi connectivity index (χ0v) is 11.2. The molecule has 0 spiro atoms. The minimum Gasteiger partial charge on any atom is -0.378 e. The van der Waals surface area contributed by atoms with Crippen LogP contribution in [0.15, 0.2) is 0 Å². The zero-order valence-electron chi connectivity index (χ0n) is 11.2. The van der Waals surface area contributed by atoms with Gasteiger partial charge >= 0.3 is 0 Å². The van der Waals surface area contributed by atoms with Crippen LogP contribution < -0.4 is 9.80 Å². The molecule has 0 aliphatic carbocycles. The smallest absolute Gasteiger partial charge is 0.230 e. The molecule has 1 aromatic heterocycles. The Kier molecular flexibility index (Phi) is 3.74. The largest absolute Gasteiger partial charge is 0.378 e. The van der Waals surface area contributed by atoms with Gasteiger partial charge in [-0.15, -0.1) is 0 Å². The molecule has 2 saturated heterocycles. The molecular formula is C12H19N5O2. The van der Waals surface area contributed by atoms with Crippen LogP contribution >= 0.6 is 0 Å².